The van der Waals surface area contributed by atoms with Crippen LogP contribution in [0.4, 0.5) is 0 Å². The van der Waals surface area contributed by atoms with Crippen molar-refractivity contribution in [2.24, 2.45) is 0 Å². The zero-order valence-corrected chi connectivity index (χ0v) is 16.8. The Labute approximate surface area is 171 Å². The number of hydrogen-bond donors (Lipinski definition) is 0. The Bertz CT molecular complexity index is 920. The Morgan fingerprint density at radius 2 is 1.79 bits per heavy atom. The number of hydrogen-bond acceptors (Lipinski definition) is 5. The van der Waals surface area contributed by atoms with Crippen LogP contribution in [0.2, 0.25) is 0 Å². The lowest BCUT2D eigenvalue weighted by molar-refractivity contribution is -0.136. The first-order valence-electron chi connectivity index (χ1n) is 9.60. The van der Waals surface area contributed by atoms with E-state index in [0.29, 0.717) is 35.7 Å². The fraction of sp³-hybridized carbons (Fsp3) is 0.261. The van der Waals surface area contributed by atoms with Crippen molar-refractivity contribution < 1.29 is 14.3 Å². The number of imide groups is 1. The van der Waals surface area contributed by atoms with E-state index < -0.39 is 0 Å². The van der Waals surface area contributed by atoms with Gasteiger partial charge in [0.05, 0.1) is 12.7 Å². The molecular weight excluding hydrogens is 366 g/mol. The van der Waals surface area contributed by atoms with Crippen LogP contribution < -0.4 is 4.74 Å². The van der Waals surface area contributed by atoms with Crippen molar-refractivity contribution in [1.82, 2.24) is 14.8 Å². The van der Waals surface area contributed by atoms with Gasteiger partial charge in [0.1, 0.15) is 11.4 Å². The highest BCUT2D eigenvalue weighted by Gasteiger charge is 2.40. The predicted octanol–water partition coefficient (Wildman–Crippen LogP) is 2.92. The molecule has 2 heterocycles. The molecule has 6 heteroatoms. The van der Waals surface area contributed by atoms with Crippen molar-refractivity contribution in [1.29, 1.82) is 0 Å². The highest BCUT2D eigenvalue weighted by molar-refractivity contribution is 6.35. The number of pyridine rings is 1. The van der Waals surface area contributed by atoms with Gasteiger partial charge < -0.3 is 9.64 Å². The minimum absolute atomic E-state index is 0.183. The number of rotatable bonds is 9. The smallest absolute Gasteiger partial charge is 0.278 e. The average molecular weight is 391 g/mol. The SMILES string of the molecule is C=CCN1C(=O)C(c2ccc(OC)cc2)=C(N(CC)CCc2ccncc2)C1=O. The third-order valence-corrected chi connectivity index (χ3v) is 4.95. The summed E-state index contributed by atoms with van der Waals surface area (Å²) in [6.07, 6.45) is 5.82. The second-order valence-corrected chi connectivity index (χ2v) is 6.65. The number of likely N-dealkylation sites (N-methyl/N-ethyl adjacent to an activating group) is 1. The molecule has 0 spiro atoms. The van der Waals surface area contributed by atoms with Gasteiger partial charge in [0.15, 0.2) is 0 Å². The molecule has 6 nitrogen and oxygen atoms in total. The van der Waals surface area contributed by atoms with E-state index in [1.165, 1.54) is 4.90 Å². The van der Waals surface area contributed by atoms with Crippen molar-refractivity contribution in [2.45, 2.75) is 13.3 Å². The van der Waals surface area contributed by atoms with E-state index in [1.54, 1.807) is 37.7 Å². The first-order chi connectivity index (χ1) is 14.1. The number of benzene rings is 1. The highest BCUT2D eigenvalue weighted by atomic mass is 16.5. The zero-order chi connectivity index (χ0) is 20.8. The molecule has 2 aromatic rings. The lowest BCUT2D eigenvalue weighted by Gasteiger charge is -2.24. The van der Waals surface area contributed by atoms with E-state index in [9.17, 15) is 9.59 Å². The highest BCUT2D eigenvalue weighted by Crippen LogP contribution is 2.32. The molecule has 150 valence electrons. The fourth-order valence-corrected chi connectivity index (χ4v) is 3.41. The molecule has 0 radical (unpaired) electrons. The van der Waals surface area contributed by atoms with Crippen molar-refractivity contribution >= 4 is 17.4 Å². The molecule has 1 aliphatic heterocycles. The molecule has 0 aliphatic carbocycles. The number of carbonyl (C=O) groups excluding carboxylic acids is 2. The van der Waals surface area contributed by atoms with Gasteiger partial charge in [-0.3, -0.25) is 19.5 Å². The topological polar surface area (TPSA) is 62.7 Å². The van der Waals surface area contributed by atoms with Gasteiger partial charge in [-0.1, -0.05) is 18.2 Å². The molecule has 1 aliphatic rings. The van der Waals surface area contributed by atoms with Crippen LogP contribution in [0.3, 0.4) is 0 Å². The van der Waals surface area contributed by atoms with Gasteiger partial charge in [0, 0.05) is 32.0 Å². The van der Waals surface area contributed by atoms with E-state index in [0.717, 1.165) is 12.0 Å². The standard InChI is InChI=1S/C23H25N3O3/c1-4-15-26-22(27)20(18-6-8-19(29-3)9-7-18)21(23(26)28)25(5-2)16-12-17-10-13-24-14-11-17/h4,6-11,13-14H,1,5,12,15-16H2,2-3H3. The molecule has 1 aromatic heterocycles. The fourth-order valence-electron chi connectivity index (χ4n) is 3.41. The summed E-state index contributed by atoms with van der Waals surface area (Å²) in [5.74, 6) is 0.121. The summed E-state index contributed by atoms with van der Waals surface area (Å²) in [6, 6.07) is 11.1. The van der Waals surface area contributed by atoms with Crippen LogP contribution in [-0.2, 0) is 16.0 Å². The first-order valence-corrected chi connectivity index (χ1v) is 9.60. The molecule has 1 aromatic carbocycles. The summed E-state index contributed by atoms with van der Waals surface area (Å²) in [5.41, 5.74) is 2.70. The van der Waals surface area contributed by atoms with Crippen molar-refractivity contribution in [2.75, 3.05) is 26.7 Å². The van der Waals surface area contributed by atoms with E-state index in [-0.39, 0.29) is 18.4 Å². The maximum absolute atomic E-state index is 13.1. The van der Waals surface area contributed by atoms with Gasteiger partial charge in [-0.2, -0.15) is 0 Å². The molecule has 0 saturated carbocycles. The van der Waals surface area contributed by atoms with Gasteiger partial charge in [-0.15, -0.1) is 6.58 Å². The minimum Gasteiger partial charge on any atom is -0.497 e. The third-order valence-electron chi connectivity index (χ3n) is 4.95. The Hall–Kier alpha value is -3.41. The number of methoxy groups -OCH3 is 1. The summed E-state index contributed by atoms with van der Waals surface area (Å²) in [5, 5.41) is 0. The van der Waals surface area contributed by atoms with Crippen LogP contribution in [0, 0.1) is 0 Å². The molecular formula is C23H25N3O3. The van der Waals surface area contributed by atoms with Gasteiger partial charge in [-0.05, 0) is 48.7 Å². The minimum atomic E-state index is -0.294. The maximum Gasteiger partial charge on any atom is 0.278 e. The van der Waals surface area contributed by atoms with Gasteiger partial charge in [0.25, 0.3) is 11.8 Å². The van der Waals surface area contributed by atoms with Crippen LogP contribution in [0.25, 0.3) is 5.57 Å². The average Bonchev–Trinajstić information content (AvgIpc) is 3.00. The Morgan fingerprint density at radius 1 is 1.10 bits per heavy atom. The normalized spacial score (nSPS) is 13.8. The zero-order valence-electron chi connectivity index (χ0n) is 16.8. The lowest BCUT2D eigenvalue weighted by Crippen LogP contribution is -2.36. The second-order valence-electron chi connectivity index (χ2n) is 6.65. The van der Waals surface area contributed by atoms with Crippen LogP contribution in [0.1, 0.15) is 18.1 Å². The van der Waals surface area contributed by atoms with Gasteiger partial charge >= 0.3 is 0 Å². The molecule has 0 unspecified atom stereocenters. The van der Waals surface area contributed by atoms with Crippen molar-refractivity contribution in [3.05, 3.63) is 78.3 Å². The molecule has 3 rings (SSSR count). The quantitative estimate of drug-likeness (QED) is 0.486. The Kier molecular flexibility index (Phi) is 6.44. The monoisotopic (exact) mass is 391 g/mol. The van der Waals surface area contributed by atoms with Crippen molar-refractivity contribution in [3.63, 3.8) is 0 Å². The third kappa shape index (κ3) is 4.21. The molecule has 0 bridgehead atoms. The molecule has 0 fully saturated rings. The molecule has 0 saturated heterocycles. The predicted molar refractivity (Wildman–Crippen MR) is 112 cm³/mol. The molecule has 0 N–H and O–H groups in total. The maximum atomic E-state index is 13.1. The summed E-state index contributed by atoms with van der Waals surface area (Å²) < 4.78 is 5.22. The number of ether oxygens (including phenoxy) is 1. The summed E-state index contributed by atoms with van der Waals surface area (Å²) in [4.78, 5) is 33.5. The summed E-state index contributed by atoms with van der Waals surface area (Å²) >= 11 is 0. The van der Waals surface area contributed by atoms with E-state index in [4.69, 9.17) is 4.74 Å². The van der Waals surface area contributed by atoms with Crippen molar-refractivity contribution in [3.8, 4) is 5.75 Å². The van der Waals surface area contributed by atoms with Crippen LogP contribution in [-0.4, -0.2) is 53.3 Å². The Balaban J connectivity index is 1.99. The summed E-state index contributed by atoms with van der Waals surface area (Å²) in [7, 11) is 1.59. The van der Waals surface area contributed by atoms with Crippen LogP contribution in [0.15, 0.2) is 67.1 Å². The van der Waals surface area contributed by atoms with E-state index in [2.05, 4.69) is 11.6 Å². The second kappa shape index (κ2) is 9.19. The molecule has 29 heavy (non-hydrogen) atoms. The lowest BCUT2D eigenvalue weighted by atomic mass is 10.0. The first kappa shape index (κ1) is 20.3. The Morgan fingerprint density at radius 3 is 2.38 bits per heavy atom. The summed E-state index contributed by atoms with van der Waals surface area (Å²) in [6.45, 7) is 7.08. The molecule has 0 atom stereocenters. The number of carbonyl (C=O) groups is 2. The van der Waals surface area contributed by atoms with Crippen LogP contribution in [0.5, 0.6) is 5.75 Å². The largest absolute Gasteiger partial charge is 0.497 e. The van der Waals surface area contributed by atoms with Crippen LogP contribution >= 0.6 is 0 Å². The number of amides is 2. The van der Waals surface area contributed by atoms with Gasteiger partial charge in [0.2, 0.25) is 0 Å². The van der Waals surface area contributed by atoms with E-state index >= 15 is 0 Å². The number of aromatic nitrogens is 1. The molecule has 2 amide bonds. The number of nitrogens with zero attached hydrogens (tertiary/aromatic N) is 3. The van der Waals surface area contributed by atoms with E-state index in [1.807, 2.05) is 36.1 Å². The van der Waals surface area contributed by atoms with Gasteiger partial charge in [-0.25, -0.2) is 0 Å².